The van der Waals surface area contributed by atoms with Crippen LogP contribution < -0.4 is 25.1 Å². The predicted octanol–water partition coefficient (Wildman–Crippen LogP) is 5.76. The van der Waals surface area contributed by atoms with Gasteiger partial charge in [0, 0.05) is 34.4 Å². The molecule has 0 radical (unpaired) electrons. The monoisotopic (exact) mass is 702 g/mol. The van der Waals surface area contributed by atoms with Crippen LogP contribution in [0.15, 0.2) is 94.3 Å². The zero-order valence-electron chi connectivity index (χ0n) is 26.7. The lowest BCUT2D eigenvalue weighted by molar-refractivity contribution is -0.146. The summed E-state index contributed by atoms with van der Waals surface area (Å²) in [5.41, 5.74) is 1.77. The Kier molecular flexibility index (Phi) is 8.75. The lowest BCUT2D eigenvalue weighted by atomic mass is 9.82. The van der Waals surface area contributed by atoms with E-state index in [1.165, 1.54) is 12.3 Å². The van der Waals surface area contributed by atoms with Crippen LogP contribution in [0.25, 0.3) is 5.69 Å². The summed E-state index contributed by atoms with van der Waals surface area (Å²) in [6.45, 7) is 7.06. The van der Waals surface area contributed by atoms with Gasteiger partial charge in [0.1, 0.15) is 5.75 Å². The van der Waals surface area contributed by atoms with E-state index in [4.69, 9.17) is 14.2 Å². The van der Waals surface area contributed by atoms with E-state index >= 15 is 0 Å². The van der Waals surface area contributed by atoms with Gasteiger partial charge >= 0.3 is 0 Å². The fourth-order valence-electron chi connectivity index (χ4n) is 7.66. The topological polar surface area (TPSA) is 90.2 Å². The van der Waals surface area contributed by atoms with Crippen molar-refractivity contribution in [1.29, 1.82) is 0 Å². The zero-order chi connectivity index (χ0) is 32.8. The summed E-state index contributed by atoms with van der Waals surface area (Å²) in [6, 6.07) is 25.2. The molecule has 1 saturated heterocycles. The van der Waals surface area contributed by atoms with Crippen molar-refractivity contribution in [2.45, 2.75) is 50.2 Å². The average Bonchev–Trinajstić information content (AvgIpc) is 3.47. The highest BCUT2D eigenvalue weighted by atomic mass is 79.9. The van der Waals surface area contributed by atoms with Crippen LogP contribution in [0.3, 0.4) is 0 Å². The summed E-state index contributed by atoms with van der Waals surface area (Å²) < 4.78 is 20.1. The second-order valence-electron chi connectivity index (χ2n) is 12.6. The van der Waals surface area contributed by atoms with Crippen LogP contribution in [0, 0.1) is 5.92 Å². The minimum absolute atomic E-state index is 0.0310. The van der Waals surface area contributed by atoms with Gasteiger partial charge in [0.2, 0.25) is 0 Å². The number of aromatic nitrogens is 1. The summed E-state index contributed by atoms with van der Waals surface area (Å²) in [7, 11) is 0.862. The first kappa shape index (κ1) is 32.2. The molecule has 1 amide bonds. The van der Waals surface area contributed by atoms with Crippen LogP contribution in [-0.2, 0) is 21.7 Å². The fourth-order valence-corrected chi connectivity index (χ4v) is 12.1. The van der Waals surface area contributed by atoms with Gasteiger partial charge in [0.05, 0.1) is 40.6 Å². The second-order valence-corrected chi connectivity index (χ2v) is 18.2. The van der Waals surface area contributed by atoms with Gasteiger partial charge in [-0.1, -0.05) is 65.4 Å². The number of benzene rings is 3. The summed E-state index contributed by atoms with van der Waals surface area (Å²) in [5, 5.41) is 11.4. The predicted molar refractivity (Wildman–Crippen MR) is 185 cm³/mol. The maximum absolute atomic E-state index is 14.9. The van der Waals surface area contributed by atoms with Crippen molar-refractivity contribution >= 4 is 40.8 Å². The largest absolute Gasteiger partial charge is 0.497 e. The molecular weight excluding hydrogens is 664 g/mol. The van der Waals surface area contributed by atoms with Gasteiger partial charge in [-0.15, -0.1) is 0 Å². The van der Waals surface area contributed by atoms with Gasteiger partial charge in [0.25, 0.3) is 11.5 Å². The molecule has 1 N–H and O–H groups in total. The highest BCUT2D eigenvalue weighted by Crippen LogP contribution is 2.60. The summed E-state index contributed by atoms with van der Waals surface area (Å²) in [6.07, 6.45) is 1.84. The van der Waals surface area contributed by atoms with Gasteiger partial charge < -0.3 is 24.2 Å². The number of amides is 1. The van der Waals surface area contributed by atoms with E-state index in [0.29, 0.717) is 18.7 Å². The van der Waals surface area contributed by atoms with Crippen LogP contribution >= 0.6 is 15.9 Å². The molecule has 8 nitrogen and oxygen atoms in total. The molecule has 1 aromatic heterocycles. The lowest BCUT2D eigenvalue weighted by Gasteiger charge is -2.37. The molecule has 1 spiro atoms. The third kappa shape index (κ3) is 5.21. The molecule has 0 aliphatic carbocycles. The Bertz CT molecular complexity index is 1830. The Balaban J connectivity index is 1.40. The zero-order valence-corrected chi connectivity index (χ0v) is 29.3. The molecule has 1 fully saturated rings. The lowest BCUT2D eigenvalue weighted by Crippen LogP contribution is -2.51. The van der Waals surface area contributed by atoms with E-state index in [1.807, 2.05) is 59.5 Å². The van der Waals surface area contributed by atoms with Crippen molar-refractivity contribution in [2.75, 3.05) is 25.7 Å². The SMILES string of the molecule is COc1ccc([Si](C)(C)[C@H]2[C@H](CCO)O[C@@]3(C(=O)N(Cc4cccc(-n5cccc(OC)c5=O)c4)c4ccc(Br)cc43)[C@@H]2C)cc1. The molecule has 0 unspecified atom stereocenters. The van der Waals surface area contributed by atoms with Crippen molar-refractivity contribution in [3.05, 3.63) is 111 Å². The number of nitrogens with zero attached hydrogens (tertiary/aromatic N) is 2. The molecule has 4 aromatic rings. The summed E-state index contributed by atoms with van der Waals surface area (Å²) in [5.74, 6) is 0.778. The minimum Gasteiger partial charge on any atom is -0.497 e. The Labute approximate surface area is 278 Å². The Morgan fingerprint density at radius 1 is 0.978 bits per heavy atom. The number of hydrogen-bond acceptors (Lipinski definition) is 6. The molecular formula is C36H39BrN2O6Si. The van der Waals surface area contributed by atoms with E-state index in [2.05, 4.69) is 48.1 Å². The van der Waals surface area contributed by atoms with Gasteiger partial charge in [0.15, 0.2) is 11.4 Å². The van der Waals surface area contributed by atoms with Gasteiger partial charge in [-0.3, -0.25) is 14.2 Å². The van der Waals surface area contributed by atoms with Crippen LogP contribution in [0.4, 0.5) is 5.69 Å². The summed E-state index contributed by atoms with van der Waals surface area (Å²) >= 11 is 3.66. The second kappa shape index (κ2) is 12.5. The Morgan fingerprint density at radius 3 is 2.43 bits per heavy atom. The highest BCUT2D eigenvalue weighted by Gasteiger charge is 2.66. The minimum atomic E-state index is -2.27. The molecule has 2 aliphatic rings. The number of hydrogen-bond donors (Lipinski definition) is 1. The van der Waals surface area contributed by atoms with E-state index in [9.17, 15) is 14.7 Å². The first-order valence-electron chi connectivity index (χ1n) is 15.5. The smallest absolute Gasteiger partial charge is 0.297 e. The molecule has 0 bridgehead atoms. The van der Waals surface area contributed by atoms with Crippen molar-refractivity contribution in [3.8, 4) is 17.2 Å². The standard InChI is InChI=1S/C36H39BrN2O6Si/c1-23-33(46(4,5)28-14-12-27(43-2)13-15-28)31(17-19-40)45-36(23)29-21-25(37)11-16-30(29)39(35(36)42)22-24-8-6-9-26(20-24)38-18-7-10-32(44-3)34(38)41/h6-16,18,20-21,23,31,33,40H,17,19,22H2,1-5H3/t23-,31+,33-,36+/m1/s1. The Hall–Kier alpha value is -3.70. The van der Waals surface area contributed by atoms with Crippen molar-refractivity contribution in [3.63, 3.8) is 0 Å². The first-order valence-corrected chi connectivity index (χ1v) is 19.3. The van der Waals surface area contributed by atoms with E-state index in [0.717, 1.165) is 27.0 Å². The Morgan fingerprint density at radius 2 is 1.74 bits per heavy atom. The fraction of sp³-hybridized carbons (Fsp3) is 0.333. The van der Waals surface area contributed by atoms with Crippen molar-refractivity contribution in [1.82, 2.24) is 4.57 Å². The molecule has 240 valence electrons. The number of aliphatic hydroxyl groups excluding tert-OH is 1. The van der Waals surface area contributed by atoms with Crippen molar-refractivity contribution in [2.24, 2.45) is 5.92 Å². The van der Waals surface area contributed by atoms with Crippen LogP contribution in [0.2, 0.25) is 18.6 Å². The number of pyridine rings is 1. The summed E-state index contributed by atoms with van der Waals surface area (Å²) in [4.78, 5) is 29.7. The number of rotatable bonds is 9. The molecule has 0 saturated carbocycles. The normalized spacial score (nSPS) is 22.4. The number of methoxy groups -OCH3 is 2. The molecule has 3 heterocycles. The number of anilines is 1. The molecule has 46 heavy (non-hydrogen) atoms. The van der Waals surface area contributed by atoms with Crippen LogP contribution in [-0.4, -0.2) is 50.6 Å². The quantitative estimate of drug-likeness (QED) is 0.223. The molecule has 10 heteroatoms. The molecule has 3 aromatic carbocycles. The van der Waals surface area contributed by atoms with Gasteiger partial charge in [-0.2, -0.15) is 0 Å². The molecule has 2 aliphatic heterocycles. The van der Waals surface area contributed by atoms with E-state index < -0.39 is 13.7 Å². The highest BCUT2D eigenvalue weighted by molar-refractivity contribution is 9.10. The maximum Gasteiger partial charge on any atom is 0.297 e. The van der Waals surface area contributed by atoms with Gasteiger partial charge in [-0.05, 0) is 72.1 Å². The first-order chi connectivity index (χ1) is 22.1. The van der Waals surface area contributed by atoms with Crippen LogP contribution in [0.5, 0.6) is 11.5 Å². The van der Waals surface area contributed by atoms with Crippen molar-refractivity contribution < 1.29 is 24.1 Å². The number of carbonyl (C=O) groups is 1. The number of fused-ring (bicyclic) bond motifs is 2. The van der Waals surface area contributed by atoms with Gasteiger partial charge in [-0.25, -0.2) is 0 Å². The number of aliphatic hydroxyl groups is 1. The number of ether oxygens (including phenoxy) is 3. The number of carbonyl (C=O) groups excluding carboxylic acids is 1. The molecule has 4 atom stereocenters. The molecule has 6 rings (SSSR count). The van der Waals surface area contributed by atoms with Crippen LogP contribution in [0.1, 0.15) is 24.5 Å². The number of halogens is 1. The third-order valence-corrected chi connectivity index (χ3v) is 14.7. The van der Waals surface area contributed by atoms with E-state index in [1.54, 1.807) is 30.0 Å². The maximum atomic E-state index is 14.9. The third-order valence-electron chi connectivity index (χ3n) is 9.87. The average molecular weight is 704 g/mol. The van der Waals surface area contributed by atoms with E-state index in [-0.39, 0.29) is 41.4 Å².